The van der Waals surface area contributed by atoms with Crippen LogP contribution in [0, 0.1) is 5.92 Å². The van der Waals surface area contributed by atoms with E-state index in [1.807, 2.05) is 30.3 Å². The molecule has 0 aromatic heterocycles. The van der Waals surface area contributed by atoms with E-state index >= 15 is 0 Å². The number of ketones is 1. The highest BCUT2D eigenvalue weighted by atomic mass is 16.2. The molecule has 3 nitrogen and oxygen atoms in total. The first-order chi connectivity index (χ1) is 7.77. The normalized spacial score (nSPS) is 19.8. The van der Waals surface area contributed by atoms with E-state index < -0.39 is 5.92 Å². The van der Waals surface area contributed by atoms with Crippen molar-refractivity contribution in [3.8, 4) is 0 Å². The number of benzene rings is 1. The molecule has 0 heterocycles. The molecule has 16 heavy (non-hydrogen) atoms. The predicted molar refractivity (Wildman–Crippen MR) is 60.6 cm³/mol. The lowest BCUT2D eigenvalue weighted by Gasteiger charge is -2.09. The van der Waals surface area contributed by atoms with Crippen molar-refractivity contribution in [2.45, 2.75) is 25.8 Å². The molecule has 2 rings (SSSR count). The van der Waals surface area contributed by atoms with Crippen molar-refractivity contribution < 1.29 is 9.59 Å². The number of carbonyl (C=O) groups excluding carboxylic acids is 2. The van der Waals surface area contributed by atoms with Crippen LogP contribution in [-0.4, -0.2) is 11.7 Å². The second-order valence-electron chi connectivity index (χ2n) is 4.11. The summed E-state index contributed by atoms with van der Waals surface area (Å²) in [5.41, 5.74) is 1.06. The van der Waals surface area contributed by atoms with Gasteiger partial charge in [0.05, 0.1) is 5.92 Å². The van der Waals surface area contributed by atoms with Crippen molar-refractivity contribution >= 4 is 11.7 Å². The Hall–Kier alpha value is -1.64. The van der Waals surface area contributed by atoms with Crippen LogP contribution in [0.15, 0.2) is 30.3 Å². The van der Waals surface area contributed by atoms with Crippen molar-refractivity contribution in [1.29, 1.82) is 0 Å². The second-order valence-corrected chi connectivity index (χ2v) is 4.11. The lowest BCUT2D eigenvalue weighted by molar-refractivity contribution is -0.132. The van der Waals surface area contributed by atoms with Gasteiger partial charge in [0.25, 0.3) is 0 Å². The van der Waals surface area contributed by atoms with E-state index in [1.54, 1.807) is 0 Å². The highest BCUT2D eigenvalue weighted by molar-refractivity contribution is 6.02. The van der Waals surface area contributed by atoms with Gasteiger partial charge in [0, 0.05) is 13.0 Å². The Kier molecular flexibility index (Phi) is 3.34. The highest BCUT2D eigenvalue weighted by Crippen LogP contribution is 2.21. The van der Waals surface area contributed by atoms with Gasteiger partial charge >= 0.3 is 0 Å². The number of rotatable bonds is 3. The predicted octanol–water partition coefficient (Wildman–Crippen LogP) is 1.67. The van der Waals surface area contributed by atoms with Gasteiger partial charge in [0.2, 0.25) is 5.91 Å². The average Bonchev–Trinajstić information content (AvgIpc) is 2.74. The minimum absolute atomic E-state index is 0.0885. The van der Waals surface area contributed by atoms with E-state index in [4.69, 9.17) is 0 Å². The van der Waals surface area contributed by atoms with Crippen LogP contribution in [0.1, 0.15) is 24.8 Å². The van der Waals surface area contributed by atoms with Crippen molar-refractivity contribution in [2.75, 3.05) is 0 Å². The van der Waals surface area contributed by atoms with Crippen molar-refractivity contribution in [3.05, 3.63) is 35.9 Å². The van der Waals surface area contributed by atoms with Crippen molar-refractivity contribution in [1.82, 2.24) is 5.32 Å². The third-order valence-corrected chi connectivity index (χ3v) is 2.93. The van der Waals surface area contributed by atoms with Crippen LogP contribution in [0.5, 0.6) is 0 Å². The standard InChI is InChI=1S/C13H15NO2/c15-12-8-4-7-11(12)13(16)14-9-10-5-2-1-3-6-10/h1-3,5-6,11H,4,7-9H2,(H,14,16)/t11-/m1/s1. The summed E-state index contributed by atoms with van der Waals surface area (Å²) < 4.78 is 0. The van der Waals surface area contributed by atoms with Crippen LogP contribution in [-0.2, 0) is 16.1 Å². The molecule has 0 spiro atoms. The third kappa shape index (κ3) is 2.48. The zero-order valence-electron chi connectivity index (χ0n) is 9.11. The molecule has 0 unspecified atom stereocenters. The van der Waals surface area contributed by atoms with E-state index in [0.29, 0.717) is 19.4 Å². The van der Waals surface area contributed by atoms with Crippen LogP contribution in [0.25, 0.3) is 0 Å². The molecular weight excluding hydrogens is 202 g/mol. The largest absolute Gasteiger partial charge is 0.351 e. The first kappa shape index (κ1) is 10.9. The molecule has 1 aliphatic carbocycles. The number of amides is 1. The summed E-state index contributed by atoms with van der Waals surface area (Å²) in [6, 6.07) is 9.71. The Bertz CT molecular complexity index is 386. The van der Waals surface area contributed by atoms with E-state index in [9.17, 15) is 9.59 Å². The third-order valence-electron chi connectivity index (χ3n) is 2.93. The molecule has 1 atom stereocenters. The number of hydrogen-bond acceptors (Lipinski definition) is 2. The van der Waals surface area contributed by atoms with Gasteiger partial charge in [-0.15, -0.1) is 0 Å². The summed E-state index contributed by atoms with van der Waals surface area (Å²) in [5, 5.41) is 2.81. The van der Waals surface area contributed by atoms with Gasteiger partial charge in [-0.1, -0.05) is 30.3 Å². The Morgan fingerprint density at radius 3 is 2.69 bits per heavy atom. The van der Waals surface area contributed by atoms with Gasteiger partial charge in [-0.05, 0) is 18.4 Å². The Morgan fingerprint density at radius 1 is 1.31 bits per heavy atom. The molecule has 0 aliphatic heterocycles. The van der Waals surface area contributed by atoms with E-state index in [1.165, 1.54) is 0 Å². The van der Waals surface area contributed by atoms with Gasteiger partial charge in [-0.2, -0.15) is 0 Å². The first-order valence-corrected chi connectivity index (χ1v) is 5.62. The molecule has 1 amide bonds. The number of nitrogens with one attached hydrogen (secondary N) is 1. The fourth-order valence-corrected chi connectivity index (χ4v) is 2.00. The quantitative estimate of drug-likeness (QED) is 0.783. The second kappa shape index (κ2) is 4.92. The van der Waals surface area contributed by atoms with Crippen LogP contribution in [0.3, 0.4) is 0 Å². The molecule has 1 aliphatic rings. The summed E-state index contributed by atoms with van der Waals surface area (Å²) in [7, 11) is 0. The molecule has 1 saturated carbocycles. The SMILES string of the molecule is O=C1CCC[C@H]1C(=O)NCc1ccccc1. The smallest absolute Gasteiger partial charge is 0.230 e. The van der Waals surface area contributed by atoms with Crippen LogP contribution < -0.4 is 5.32 Å². The maximum atomic E-state index is 11.7. The summed E-state index contributed by atoms with van der Waals surface area (Å²) in [6.07, 6.45) is 2.12. The van der Waals surface area contributed by atoms with E-state index in [0.717, 1.165) is 12.0 Å². The molecule has 1 N–H and O–H groups in total. The topological polar surface area (TPSA) is 46.2 Å². The minimum atomic E-state index is -0.399. The molecule has 0 bridgehead atoms. The Morgan fingerprint density at radius 2 is 2.06 bits per heavy atom. The summed E-state index contributed by atoms with van der Waals surface area (Å²) in [4.78, 5) is 23.1. The number of hydrogen-bond donors (Lipinski definition) is 1. The Balaban J connectivity index is 1.86. The maximum Gasteiger partial charge on any atom is 0.230 e. The zero-order chi connectivity index (χ0) is 11.4. The molecule has 1 aromatic carbocycles. The zero-order valence-corrected chi connectivity index (χ0v) is 9.11. The van der Waals surface area contributed by atoms with Crippen molar-refractivity contribution in [3.63, 3.8) is 0 Å². The van der Waals surface area contributed by atoms with Crippen LogP contribution in [0.2, 0.25) is 0 Å². The van der Waals surface area contributed by atoms with Gasteiger partial charge < -0.3 is 5.32 Å². The lowest BCUT2D eigenvalue weighted by atomic mass is 10.1. The molecule has 3 heteroatoms. The fraction of sp³-hybridized carbons (Fsp3) is 0.385. The monoisotopic (exact) mass is 217 g/mol. The summed E-state index contributed by atoms with van der Waals surface area (Å²) in [5.74, 6) is -0.430. The Labute approximate surface area is 94.9 Å². The van der Waals surface area contributed by atoms with Crippen LogP contribution >= 0.6 is 0 Å². The fourth-order valence-electron chi connectivity index (χ4n) is 2.00. The number of carbonyl (C=O) groups is 2. The molecule has 0 saturated heterocycles. The molecule has 0 radical (unpaired) electrons. The summed E-state index contributed by atoms with van der Waals surface area (Å²) >= 11 is 0. The highest BCUT2D eigenvalue weighted by Gasteiger charge is 2.30. The number of Topliss-reactive ketones (excluding diaryl/α,β-unsaturated/α-hetero) is 1. The van der Waals surface area contributed by atoms with Crippen molar-refractivity contribution in [2.24, 2.45) is 5.92 Å². The molecule has 84 valence electrons. The molecule has 1 fully saturated rings. The maximum absolute atomic E-state index is 11.7. The van der Waals surface area contributed by atoms with Crippen LogP contribution in [0.4, 0.5) is 0 Å². The average molecular weight is 217 g/mol. The first-order valence-electron chi connectivity index (χ1n) is 5.62. The lowest BCUT2D eigenvalue weighted by Crippen LogP contribution is -2.32. The van der Waals surface area contributed by atoms with E-state index in [-0.39, 0.29) is 11.7 Å². The van der Waals surface area contributed by atoms with Gasteiger partial charge in [0.1, 0.15) is 5.78 Å². The summed E-state index contributed by atoms with van der Waals surface area (Å²) in [6.45, 7) is 0.503. The van der Waals surface area contributed by atoms with Gasteiger partial charge in [-0.25, -0.2) is 0 Å². The van der Waals surface area contributed by atoms with E-state index in [2.05, 4.69) is 5.32 Å². The molecule has 1 aromatic rings. The van der Waals surface area contributed by atoms with Gasteiger partial charge in [-0.3, -0.25) is 9.59 Å². The van der Waals surface area contributed by atoms with Gasteiger partial charge in [0.15, 0.2) is 0 Å². The minimum Gasteiger partial charge on any atom is -0.351 e. The molecular formula is C13H15NO2.